The molecule has 1 aromatic heterocycles. The van der Waals surface area contributed by atoms with E-state index in [9.17, 15) is 18.0 Å². The van der Waals surface area contributed by atoms with E-state index < -0.39 is 10.0 Å². The topological polar surface area (TPSA) is 99.3 Å². The summed E-state index contributed by atoms with van der Waals surface area (Å²) in [6, 6.07) is 17.8. The molecule has 4 rings (SSSR count). The molecule has 8 heteroatoms. The molecule has 3 aromatic rings. The SMILES string of the molecule is CC(CCc1ccccc1)NC(=O)C1CCCN(S(=O)(=O)c2ccc3[nH]c(=O)ccc3c2)C1. The summed E-state index contributed by atoms with van der Waals surface area (Å²) < 4.78 is 27.9. The molecule has 0 spiro atoms. The van der Waals surface area contributed by atoms with Crippen LogP contribution in [-0.2, 0) is 21.2 Å². The number of sulfonamides is 1. The van der Waals surface area contributed by atoms with E-state index in [4.69, 9.17) is 0 Å². The molecule has 1 aliphatic rings. The fourth-order valence-corrected chi connectivity index (χ4v) is 5.84. The maximum atomic E-state index is 13.3. The molecule has 0 radical (unpaired) electrons. The first-order chi connectivity index (χ1) is 15.8. The molecule has 0 bridgehead atoms. The predicted octanol–water partition coefficient (Wildman–Crippen LogP) is 3.07. The fraction of sp³-hybridized carbons (Fsp3) is 0.360. The Morgan fingerprint density at radius 3 is 2.73 bits per heavy atom. The standard InChI is InChI=1S/C25H29N3O4S/c1-18(9-10-19-6-3-2-4-7-19)26-25(30)21-8-5-15-28(17-21)33(31,32)22-12-13-23-20(16-22)11-14-24(29)27-23/h2-4,6-7,11-14,16,18,21H,5,8-10,15,17H2,1H3,(H,26,30)(H,27,29). The zero-order valence-corrected chi connectivity index (χ0v) is 19.5. The number of nitrogens with zero attached hydrogens (tertiary/aromatic N) is 1. The number of piperidine rings is 1. The molecule has 2 heterocycles. The van der Waals surface area contributed by atoms with Gasteiger partial charge in [-0.25, -0.2) is 8.42 Å². The minimum Gasteiger partial charge on any atom is -0.353 e. The second-order valence-electron chi connectivity index (χ2n) is 8.71. The van der Waals surface area contributed by atoms with Gasteiger partial charge in [0.15, 0.2) is 0 Å². The Kier molecular flexibility index (Phi) is 6.95. The monoisotopic (exact) mass is 467 g/mol. The lowest BCUT2D eigenvalue weighted by Gasteiger charge is -2.32. The Balaban J connectivity index is 1.40. The summed E-state index contributed by atoms with van der Waals surface area (Å²) in [4.78, 5) is 27.2. The summed E-state index contributed by atoms with van der Waals surface area (Å²) >= 11 is 0. The first kappa shape index (κ1) is 23.2. The van der Waals surface area contributed by atoms with Crippen molar-refractivity contribution in [2.75, 3.05) is 13.1 Å². The number of hydrogen-bond acceptors (Lipinski definition) is 4. The second-order valence-corrected chi connectivity index (χ2v) is 10.6. The normalized spacial score (nSPS) is 18.2. The number of hydrogen-bond donors (Lipinski definition) is 2. The van der Waals surface area contributed by atoms with Crippen molar-refractivity contribution in [3.8, 4) is 0 Å². The van der Waals surface area contributed by atoms with Gasteiger partial charge in [0.1, 0.15) is 0 Å². The van der Waals surface area contributed by atoms with Crippen LogP contribution >= 0.6 is 0 Å². The van der Waals surface area contributed by atoms with Gasteiger partial charge in [0.2, 0.25) is 21.5 Å². The van der Waals surface area contributed by atoms with Crippen LogP contribution in [0.25, 0.3) is 10.9 Å². The lowest BCUT2D eigenvalue weighted by Crippen LogP contribution is -2.47. The summed E-state index contributed by atoms with van der Waals surface area (Å²) in [5.74, 6) is -0.462. The third-order valence-electron chi connectivity index (χ3n) is 6.19. The number of rotatable bonds is 7. The molecule has 0 saturated carbocycles. The van der Waals surface area contributed by atoms with E-state index in [1.807, 2.05) is 25.1 Å². The van der Waals surface area contributed by atoms with Gasteiger partial charge in [-0.1, -0.05) is 30.3 Å². The molecule has 2 unspecified atom stereocenters. The molecule has 2 aromatic carbocycles. The largest absolute Gasteiger partial charge is 0.353 e. The van der Waals surface area contributed by atoms with Crippen molar-refractivity contribution in [1.29, 1.82) is 0 Å². The minimum absolute atomic E-state index is 0.00679. The first-order valence-electron chi connectivity index (χ1n) is 11.3. The molecule has 2 N–H and O–H groups in total. The summed E-state index contributed by atoms with van der Waals surface area (Å²) in [5.41, 5.74) is 1.58. The Bertz CT molecular complexity index is 1290. The zero-order chi connectivity index (χ0) is 23.4. The van der Waals surface area contributed by atoms with Crippen LogP contribution in [0.3, 0.4) is 0 Å². The molecule has 174 valence electrons. The van der Waals surface area contributed by atoms with Crippen LogP contribution < -0.4 is 10.9 Å². The van der Waals surface area contributed by atoms with Crippen LogP contribution in [0.15, 0.2) is 70.4 Å². The molecular formula is C25H29N3O4S. The number of aryl methyl sites for hydroxylation is 1. The highest BCUT2D eigenvalue weighted by molar-refractivity contribution is 7.89. The lowest BCUT2D eigenvalue weighted by atomic mass is 9.98. The average Bonchev–Trinajstić information content (AvgIpc) is 2.83. The van der Waals surface area contributed by atoms with Crippen molar-refractivity contribution in [1.82, 2.24) is 14.6 Å². The summed E-state index contributed by atoms with van der Waals surface area (Å²) in [6.45, 7) is 2.54. The molecule has 33 heavy (non-hydrogen) atoms. The van der Waals surface area contributed by atoms with Crippen molar-refractivity contribution in [2.45, 2.75) is 43.5 Å². The van der Waals surface area contributed by atoms with Crippen LogP contribution in [0.2, 0.25) is 0 Å². The van der Waals surface area contributed by atoms with Crippen molar-refractivity contribution in [3.63, 3.8) is 0 Å². The number of carbonyl (C=O) groups is 1. The van der Waals surface area contributed by atoms with E-state index in [-0.39, 0.29) is 34.9 Å². The Hall–Kier alpha value is -2.97. The van der Waals surface area contributed by atoms with Gasteiger partial charge in [0.05, 0.1) is 10.8 Å². The predicted molar refractivity (Wildman–Crippen MR) is 128 cm³/mol. The van der Waals surface area contributed by atoms with Gasteiger partial charge in [-0.05, 0) is 67.8 Å². The third kappa shape index (κ3) is 5.51. The maximum Gasteiger partial charge on any atom is 0.248 e. The number of aromatic amines is 1. The van der Waals surface area contributed by atoms with Crippen LogP contribution in [0, 0.1) is 5.92 Å². The van der Waals surface area contributed by atoms with E-state index in [0.717, 1.165) is 12.8 Å². The number of pyridine rings is 1. The van der Waals surface area contributed by atoms with Gasteiger partial charge < -0.3 is 10.3 Å². The van der Waals surface area contributed by atoms with Crippen molar-refractivity contribution in [3.05, 3.63) is 76.6 Å². The molecule has 1 saturated heterocycles. The smallest absolute Gasteiger partial charge is 0.248 e. The number of nitrogens with one attached hydrogen (secondary N) is 2. The molecule has 1 fully saturated rings. The maximum absolute atomic E-state index is 13.3. The summed E-state index contributed by atoms with van der Waals surface area (Å²) in [5, 5.41) is 3.71. The minimum atomic E-state index is -3.74. The van der Waals surface area contributed by atoms with Crippen molar-refractivity contribution < 1.29 is 13.2 Å². The number of benzene rings is 2. The lowest BCUT2D eigenvalue weighted by molar-refractivity contribution is -0.126. The van der Waals surface area contributed by atoms with Gasteiger partial charge in [-0.15, -0.1) is 0 Å². The Morgan fingerprint density at radius 2 is 1.94 bits per heavy atom. The number of H-pyrrole nitrogens is 1. The molecular weight excluding hydrogens is 438 g/mol. The van der Waals surface area contributed by atoms with E-state index in [0.29, 0.717) is 30.3 Å². The third-order valence-corrected chi connectivity index (χ3v) is 8.05. The van der Waals surface area contributed by atoms with Gasteiger partial charge >= 0.3 is 0 Å². The fourth-order valence-electron chi connectivity index (χ4n) is 4.28. The van der Waals surface area contributed by atoms with Gasteiger partial charge in [-0.3, -0.25) is 9.59 Å². The van der Waals surface area contributed by atoms with E-state index >= 15 is 0 Å². The molecule has 1 amide bonds. The molecule has 2 atom stereocenters. The van der Waals surface area contributed by atoms with Crippen LogP contribution in [0.5, 0.6) is 0 Å². The van der Waals surface area contributed by atoms with Gasteiger partial charge in [0.25, 0.3) is 0 Å². The molecule has 1 aliphatic heterocycles. The highest BCUT2D eigenvalue weighted by atomic mass is 32.2. The van der Waals surface area contributed by atoms with Gasteiger partial charge in [0, 0.05) is 30.7 Å². The number of fused-ring (bicyclic) bond motifs is 1. The van der Waals surface area contributed by atoms with Crippen LogP contribution in [0.4, 0.5) is 0 Å². The van der Waals surface area contributed by atoms with Crippen molar-refractivity contribution in [2.24, 2.45) is 5.92 Å². The summed E-state index contributed by atoms with van der Waals surface area (Å²) in [6.07, 6.45) is 3.00. The highest BCUT2D eigenvalue weighted by Gasteiger charge is 2.33. The van der Waals surface area contributed by atoms with E-state index in [1.165, 1.54) is 22.0 Å². The Labute approximate surface area is 193 Å². The molecule has 7 nitrogen and oxygen atoms in total. The Morgan fingerprint density at radius 1 is 1.15 bits per heavy atom. The van der Waals surface area contributed by atoms with Gasteiger partial charge in [-0.2, -0.15) is 4.31 Å². The number of amides is 1. The second kappa shape index (κ2) is 9.89. The number of carbonyl (C=O) groups excluding carboxylic acids is 1. The van der Waals surface area contributed by atoms with Crippen LogP contribution in [0.1, 0.15) is 31.7 Å². The quantitative estimate of drug-likeness (QED) is 0.558. The van der Waals surface area contributed by atoms with E-state index in [1.54, 1.807) is 18.2 Å². The average molecular weight is 468 g/mol. The summed E-state index contributed by atoms with van der Waals surface area (Å²) in [7, 11) is -3.74. The van der Waals surface area contributed by atoms with Crippen molar-refractivity contribution >= 4 is 26.8 Å². The zero-order valence-electron chi connectivity index (χ0n) is 18.7. The van der Waals surface area contributed by atoms with E-state index in [2.05, 4.69) is 22.4 Å². The molecule has 0 aliphatic carbocycles. The van der Waals surface area contributed by atoms with Crippen LogP contribution in [-0.4, -0.2) is 42.7 Å². The first-order valence-corrected chi connectivity index (χ1v) is 12.7. The highest BCUT2D eigenvalue weighted by Crippen LogP contribution is 2.26. The number of aromatic nitrogens is 1.